The van der Waals surface area contributed by atoms with Gasteiger partial charge in [-0.15, -0.1) is 0 Å². The molecule has 1 heterocycles. The molecule has 1 aromatic rings. The number of halogens is 3. The van der Waals surface area contributed by atoms with Crippen LogP contribution in [0, 0.1) is 0 Å². The molecule has 0 aliphatic heterocycles. The number of carbonyl (C=O) groups is 2. The Balaban J connectivity index is 3.14. The Morgan fingerprint density at radius 2 is 2.04 bits per heavy atom. The second-order valence-corrected chi connectivity index (χ2v) is 4.30. The van der Waals surface area contributed by atoms with Gasteiger partial charge in [0.25, 0.3) is 0 Å². The summed E-state index contributed by atoms with van der Waals surface area (Å²) in [4.78, 5) is 26.7. The number of rotatable bonds is 6. The van der Waals surface area contributed by atoms with E-state index in [0.29, 0.717) is 0 Å². The van der Waals surface area contributed by atoms with Gasteiger partial charge >= 0.3 is 12.1 Å². The quantitative estimate of drug-likeness (QED) is 0.640. The van der Waals surface area contributed by atoms with Crippen molar-refractivity contribution in [1.82, 2.24) is 4.98 Å². The Bertz CT molecular complexity index is 615. The number of aromatic nitrogens is 1. The van der Waals surface area contributed by atoms with Crippen LogP contribution in [0.2, 0.25) is 0 Å². The van der Waals surface area contributed by atoms with Crippen molar-refractivity contribution in [2.75, 3.05) is 19.0 Å². The van der Waals surface area contributed by atoms with Gasteiger partial charge in [0.1, 0.15) is 17.9 Å². The Morgan fingerprint density at radius 3 is 2.57 bits per heavy atom. The van der Waals surface area contributed by atoms with Gasteiger partial charge in [0, 0.05) is 6.20 Å². The second-order valence-electron chi connectivity index (χ2n) is 4.30. The molecule has 1 aromatic heterocycles. The fourth-order valence-corrected chi connectivity index (χ4v) is 1.63. The molecule has 0 fully saturated rings. The Hall–Kier alpha value is -2.58. The minimum atomic E-state index is -4.65. The molecule has 0 aromatic carbocycles. The number of ether oxygens (including phenoxy) is 2. The highest BCUT2D eigenvalue weighted by Gasteiger charge is 2.31. The monoisotopic (exact) mass is 332 g/mol. The van der Waals surface area contributed by atoms with Crippen molar-refractivity contribution in [2.24, 2.45) is 0 Å². The van der Waals surface area contributed by atoms with E-state index in [1.54, 1.807) is 6.92 Å². The van der Waals surface area contributed by atoms with Crippen LogP contribution in [0.1, 0.15) is 29.4 Å². The zero-order chi connectivity index (χ0) is 17.6. The predicted octanol–water partition coefficient (Wildman–Crippen LogP) is 2.77. The molecule has 0 aliphatic carbocycles. The Labute approximate surface area is 130 Å². The average molecular weight is 332 g/mol. The van der Waals surface area contributed by atoms with Crippen molar-refractivity contribution in [3.05, 3.63) is 30.1 Å². The van der Waals surface area contributed by atoms with E-state index in [1.807, 2.05) is 0 Å². The molecule has 0 atom stereocenters. The van der Waals surface area contributed by atoms with Crippen LogP contribution in [0.15, 0.2) is 18.8 Å². The first kappa shape index (κ1) is 18.5. The molecule has 6 nitrogen and oxygen atoms in total. The Morgan fingerprint density at radius 1 is 1.39 bits per heavy atom. The molecule has 1 N–H and O–H groups in total. The van der Waals surface area contributed by atoms with Gasteiger partial charge in [0.2, 0.25) is 5.91 Å². The van der Waals surface area contributed by atoms with Crippen molar-refractivity contribution in [3.63, 3.8) is 0 Å². The van der Waals surface area contributed by atoms with Crippen molar-refractivity contribution < 1.29 is 32.2 Å². The van der Waals surface area contributed by atoms with Crippen LogP contribution in [0.4, 0.5) is 18.9 Å². The summed E-state index contributed by atoms with van der Waals surface area (Å²) in [5.74, 6) is -1.99. The van der Waals surface area contributed by atoms with Crippen LogP contribution >= 0.6 is 0 Å². The molecule has 0 unspecified atom stereocenters. The molecular formula is C14H15F3N2O4. The van der Waals surface area contributed by atoms with Crippen molar-refractivity contribution in [1.29, 1.82) is 0 Å². The van der Waals surface area contributed by atoms with Crippen LogP contribution < -0.4 is 5.32 Å². The zero-order valence-electron chi connectivity index (χ0n) is 12.5. The first-order valence-corrected chi connectivity index (χ1v) is 6.45. The lowest BCUT2D eigenvalue weighted by Crippen LogP contribution is -2.22. The highest BCUT2D eigenvalue weighted by Crippen LogP contribution is 2.26. The van der Waals surface area contributed by atoms with Gasteiger partial charge in [-0.3, -0.25) is 4.79 Å². The Kier molecular flexibility index (Phi) is 6.11. The lowest BCUT2D eigenvalue weighted by molar-refractivity contribution is -0.150. The molecular weight excluding hydrogens is 317 g/mol. The molecule has 1 rings (SSSR count). The van der Waals surface area contributed by atoms with Crippen LogP contribution in [0.25, 0.3) is 5.76 Å². The number of anilines is 1. The van der Waals surface area contributed by atoms with E-state index in [2.05, 4.69) is 21.6 Å². The number of methoxy groups -OCH3 is 1. The van der Waals surface area contributed by atoms with Crippen LogP contribution in [0.3, 0.4) is 0 Å². The van der Waals surface area contributed by atoms with Gasteiger partial charge in [-0.25, -0.2) is 9.78 Å². The summed E-state index contributed by atoms with van der Waals surface area (Å²) in [6.07, 6.45) is -5.16. The minimum Gasteiger partial charge on any atom is -0.494 e. The number of pyridine rings is 1. The number of nitrogens with one attached hydrogen (secondary N) is 1. The number of amides is 1. The third-order valence-corrected chi connectivity index (χ3v) is 2.55. The molecule has 0 radical (unpaired) electrons. The zero-order valence-corrected chi connectivity index (χ0v) is 12.5. The molecule has 0 spiro atoms. The summed E-state index contributed by atoms with van der Waals surface area (Å²) < 4.78 is 46.4. The summed E-state index contributed by atoms with van der Waals surface area (Å²) in [7, 11) is 1.12. The summed E-state index contributed by atoms with van der Waals surface area (Å²) in [6, 6.07) is 1.10. The van der Waals surface area contributed by atoms with E-state index in [1.165, 1.54) is 0 Å². The number of hydrogen-bond donors (Lipinski definition) is 1. The molecule has 0 saturated carbocycles. The molecule has 0 bridgehead atoms. The van der Waals surface area contributed by atoms with Gasteiger partial charge in [-0.2, -0.15) is 13.2 Å². The van der Waals surface area contributed by atoms with Crippen molar-refractivity contribution in [2.45, 2.75) is 19.5 Å². The largest absolute Gasteiger partial charge is 0.494 e. The number of hydrogen-bond acceptors (Lipinski definition) is 5. The van der Waals surface area contributed by atoms with E-state index >= 15 is 0 Å². The topological polar surface area (TPSA) is 77.5 Å². The van der Waals surface area contributed by atoms with Gasteiger partial charge < -0.3 is 14.8 Å². The van der Waals surface area contributed by atoms with E-state index in [-0.39, 0.29) is 29.3 Å². The van der Waals surface area contributed by atoms with E-state index in [0.717, 1.165) is 19.4 Å². The fraction of sp³-hybridized carbons (Fsp3) is 0.357. The molecule has 23 heavy (non-hydrogen) atoms. The normalized spacial score (nSPS) is 10.8. The van der Waals surface area contributed by atoms with E-state index < -0.39 is 24.5 Å². The number of carbonyl (C=O) groups excluding carboxylic acids is 2. The average Bonchev–Trinajstić information content (AvgIpc) is 2.44. The highest BCUT2D eigenvalue weighted by atomic mass is 19.4. The molecule has 1 amide bonds. The summed E-state index contributed by atoms with van der Waals surface area (Å²) in [5.41, 5.74) is -0.0917. The van der Waals surface area contributed by atoms with Crippen LogP contribution in [-0.4, -0.2) is 36.8 Å². The van der Waals surface area contributed by atoms with Crippen LogP contribution in [-0.2, 0) is 14.3 Å². The summed E-state index contributed by atoms with van der Waals surface area (Å²) in [5, 5.41) is 2.08. The smallest absolute Gasteiger partial charge is 0.397 e. The number of esters is 1. The molecule has 126 valence electrons. The third-order valence-electron chi connectivity index (χ3n) is 2.55. The van der Waals surface area contributed by atoms with Crippen molar-refractivity contribution in [3.8, 4) is 0 Å². The predicted molar refractivity (Wildman–Crippen MR) is 75.5 cm³/mol. The van der Waals surface area contributed by atoms with Gasteiger partial charge in [-0.05, 0) is 13.0 Å². The lowest BCUT2D eigenvalue weighted by atomic mass is 10.1. The highest BCUT2D eigenvalue weighted by molar-refractivity contribution is 5.96. The van der Waals surface area contributed by atoms with Gasteiger partial charge in [-0.1, -0.05) is 6.58 Å². The first-order valence-electron chi connectivity index (χ1n) is 6.45. The third kappa shape index (κ3) is 5.61. The van der Waals surface area contributed by atoms with Crippen molar-refractivity contribution >= 4 is 23.3 Å². The molecule has 0 saturated heterocycles. The maximum Gasteiger partial charge on any atom is 0.397 e. The van der Waals surface area contributed by atoms with Gasteiger partial charge in [0.15, 0.2) is 0 Å². The standard InChI is InChI=1S/C14H15F3N2O4/c1-4-23-8(2)9-7-18-11(13(21)22-3)5-10(9)19-12(20)6-14(15,16)17/h5,7H,2,4,6H2,1,3H3,(H,18,19,20). The van der Waals surface area contributed by atoms with E-state index in [4.69, 9.17) is 4.74 Å². The summed E-state index contributed by atoms with van der Waals surface area (Å²) in [6.45, 7) is 5.54. The number of nitrogens with zero attached hydrogens (tertiary/aromatic N) is 1. The molecule has 0 aliphatic rings. The SMILES string of the molecule is C=C(OCC)c1cnc(C(=O)OC)cc1NC(=O)CC(F)(F)F. The lowest BCUT2D eigenvalue weighted by Gasteiger charge is -2.14. The number of alkyl halides is 3. The fourth-order valence-electron chi connectivity index (χ4n) is 1.63. The van der Waals surface area contributed by atoms with E-state index in [9.17, 15) is 22.8 Å². The first-order chi connectivity index (χ1) is 10.7. The maximum atomic E-state index is 12.3. The van der Waals surface area contributed by atoms with Crippen LogP contribution in [0.5, 0.6) is 0 Å². The second kappa shape index (κ2) is 7.61. The summed E-state index contributed by atoms with van der Waals surface area (Å²) >= 11 is 0. The minimum absolute atomic E-state index is 0.0758. The maximum absolute atomic E-state index is 12.3. The molecule has 9 heteroatoms. The van der Waals surface area contributed by atoms with Gasteiger partial charge in [0.05, 0.1) is 25.0 Å².